The highest BCUT2D eigenvalue weighted by molar-refractivity contribution is 7.21. The first-order valence-corrected chi connectivity index (χ1v) is 9.63. The number of halogens is 1. The second kappa shape index (κ2) is 7.30. The van der Waals surface area contributed by atoms with E-state index in [0.29, 0.717) is 27.0 Å². The molecule has 1 aliphatic rings. The molecule has 7 heteroatoms. The van der Waals surface area contributed by atoms with Gasteiger partial charge in [0.1, 0.15) is 16.4 Å². The fourth-order valence-electron chi connectivity index (χ4n) is 2.92. The summed E-state index contributed by atoms with van der Waals surface area (Å²) >= 11 is 7.96. The molecule has 0 unspecified atom stereocenters. The summed E-state index contributed by atoms with van der Waals surface area (Å²) in [6.45, 7) is 2.02. The molecule has 0 spiro atoms. The fraction of sp³-hybridized carbons (Fsp3) is 0.143. The lowest BCUT2D eigenvalue weighted by molar-refractivity contribution is -0.129. The van der Waals surface area contributed by atoms with E-state index < -0.39 is 5.97 Å². The molecule has 5 nitrogen and oxygen atoms in total. The van der Waals surface area contributed by atoms with Crippen molar-refractivity contribution in [2.45, 2.75) is 6.92 Å². The molecule has 0 saturated heterocycles. The van der Waals surface area contributed by atoms with Gasteiger partial charge in [-0.3, -0.25) is 0 Å². The van der Waals surface area contributed by atoms with Crippen molar-refractivity contribution >= 4 is 51.0 Å². The number of hydrogen-bond acceptors (Lipinski definition) is 6. The van der Waals surface area contributed by atoms with E-state index in [1.54, 1.807) is 38.5 Å². The monoisotopic (exact) mass is 413 g/mol. The van der Waals surface area contributed by atoms with Crippen molar-refractivity contribution in [3.8, 4) is 11.5 Å². The Balaban J connectivity index is 1.77. The summed E-state index contributed by atoms with van der Waals surface area (Å²) in [6.07, 6.45) is 1.61. The number of cyclic esters (lactones) is 1. The zero-order valence-electron chi connectivity index (χ0n) is 15.4. The Morgan fingerprint density at radius 3 is 2.71 bits per heavy atom. The molecule has 1 aliphatic heterocycles. The highest BCUT2D eigenvalue weighted by Crippen LogP contribution is 2.38. The van der Waals surface area contributed by atoms with E-state index in [-0.39, 0.29) is 11.6 Å². The van der Waals surface area contributed by atoms with Crippen LogP contribution >= 0.6 is 22.9 Å². The van der Waals surface area contributed by atoms with E-state index in [4.69, 9.17) is 25.8 Å². The van der Waals surface area contributed by atoms with Crippen LogP contribution in [0.5, 0.6) is 11.5 Å². The summed E-state index contributed by atoms with van der Waals surface area (Å²) in [6, 6.07) is 11.3. The topological polar surface area (TPSA) is 57.1 Å². The molecular formula is C21H16ClNO4S. The number of ether oxygens (including phenoxy) is 3. The van der Waals surface area contributed by atoms with Gasteiger partial charge in [-0.05, 0) is 42.8 Å². The van der Waals surface area contributed by atoms with Crippen LogP contribution in [0.1, 0.15) is 16.0 Å². The highest BCUT2D eigenvalue weighted by atomic mass is 35.5. The lowest BCUT2D eigenvalue weighted by atomic mass is 10.1. The number of nitrogens with zero attached hydrogens (tertiary/aromatic N) is 1. The average Bonchev–Trinajstić information content (AvgIpc) is 3.21. The van der Waals surface area contributed by atoms with Crippen LogP contribution in [-0.4, -0.2) is 26.1 Å². The first kappa shape index (κ1) is 18.5. The zero-order chi connectivity index (χ0) is 19.8. The first-order chi connectivity index (χ1) is 13.5. The number of methoxy groups -OCH3 is 2. The van der Waals surface area contributed by atoms with E-state index in [9.17, 15) is 4.79 Å². The quantitative estimate of drug-likeness (QED) is 0.434. The first-order valence-electron chi connectivity index (χ1n) is 8.43. The Kier molecular flexibility index (Phi) is 4.83. The van der Waals surface area contributed by atoms with Gasteiger partial charge in [-0.15, -0.1) is 11.3 Å². The molecule has 0 fully saturated rings. The zero-order valence-corrected chi connectivity index (χ0v) is 17.0. The third kappa shape index (κ3) is 3.25. The molecule has 0 bridgehead atoms. The van der Waals surface area contributed by atoms with Crippen LogP contribution in [0.3, 0.4) is 0 Å². The fourth-order valence-corrected chi connectivity index (χ4v) is 4.45. The average molecular weight is 414 g/mol. The summed E-state index contributed by atoms with van der Waals surface area (Å²) < 4.78 is 17.0. The van der Waals surface area contributed by atoms with Gasteiger partial charge in [-0.2, -0.15) is 0 Å². The Bertz CT molecular complexity index is 1160. The third-order valence-electron chi connectivity index (χ3n) is 4.33. The number of aliphatic imine (C=N–C) groups is 1. The Labute approximate surface area is 170 Å². The Morgan fingerprint density at radius 1 is 1.14 bits per heavy atom. The van der Waals surface area contributed by atoms with Gasteiger partial charge in [-0.1, -0.05) is 23.7 Å². The Hall–Kier alpha value is -2.83. The number of esters is 1. The number of carbonyl (C=O) groups is 1. The van der Waals surface area contributed by atoms with Crippen molar-refractivity contribution in [2.24, 2.45) is 4.99 Å². The largest absolute Gasteiger partial charge is 0.497 e. The van der Waals surface area contributed by atoms with Crippen LogP contribution in [0.25, 0.3) is 16.2 Å². The highest BCUT2D eigenvalue weighted by Gasteiger charge is 2.28. The van der Waals surface area contributed by atoms with E-state index in [2.05, 4.69) is 4.99 Å². The number of hydrogen-bond donors (Lipinski definition) is 0. The van der Waals surface area contributed by atoms with Gasteiger partial charge in [0.25, 0.3) is 0 Å². The SMILES string of the molecule is COc1ccc(OC)c(/C=C2\N=C(c3sc4cc(C)ccc4c3Cl)OC2=O)c1. The van der Waals surface area contributed by atoms with Crippen LogP contribution in [0.15, 0.2) is 47.1 Å². The molecule has 1 aromatic heterocycles. The predicted octanol–water partition coefficient (Wildman–Crippen LogP) is 5.22. The predicted molar refractivity (Wildman–Crippen MR) is 112 cm³/mol. The lowest BCUT2D eigenvalue weighted by Crippen LogP contribution is -2.04. The number of rotatable bonds is 4. The number of aryl methyl sites for hydroxylation is 1. The van der Waals surface area contributed by atoms with E-state index in [0.717, 1.165) is 15.6 Å². The van der Waals surface area contributed by atoms with Gasteiger partial charge in [-0.25, -0.2) is 9.79 Å². The molecule has 3 aromatic rings. The molecule has 142 valence electrons. The van der Waals surface area contributed by atoms with Gasteiger partial charge < -0.3 is 14.2 Å². The van der Waals surface area contributed by atoms with E-state index in [1.807, 2.05) is 25.1 Å². The molecule has 0 amide bonds. The summed E-state index contributed by atoms with van der Waals surface area (Å²) in [5.74, 6) is 0.915. The number of thiophene rings is 1. The van der Waals surface area contributed by atoms with E-state index in [1.165, 1.54) is 11.3 Å². The molecular weight excluding hydrogens is 398 g/mol. The lowest BCUT2D eigenvalue weighted by Gasteiger charge is -2.07. The van der Waals surface area contributed by atoms with Gasteiger partial charge in [0.2, 0.25) is 5.90 Å². The van der Waals surface area contributed by atoms with Crippen LogP contribution in [-0.2, 0) is 9.53 Å². The molecule has 28 heavy (non-hydrogen) atoms. The second-order valence-corrected chi connectivity index (χ2v) is 7.62. The molecule has 0 saturated carbocycles. The van der Waals surface area contributed by atoms with Crippen molar-refractivity contribution in [3.63, 3.8) is 0 Å². The van der Waals surface area contributed by atoms with Crippen molar-refractivity contribution in [2.75, 3.05) is 14.2 Å². The van der Waals surface area contributed by atoms with Crippen molar-refractivity contribution in [1.82, 2.24) is 0 Å². The van der Waals surface area contributed by atoms with Crippen LogP contribution < -0.4 is 9.47 Å². The molecule has 0 radical (unpaired) electrons. The minimum Gasteiger partial charge on any atom is -0.497 e. The molecule has 4 rings (SSSR count). The van der Waals surface area contributed by atoms with Crippen molar-refractivity contribution in [3.05, 3.63) is 63.1 Å². The van der Waals surface area contributed by atoms with Gasteiger partial charge >= 0.3 is 5.97 Å². The molecule has 0 aliphatic carbocycles. The maximum Gasteiger partial charge on any atom is 0.363 e. The van der Waals surface area contributed by atoms with Crippen LogP contribution in [0.4, 0.5) is 0 Å². The van der Waals surface area contributed by atoms with Crippen molar-refractivity contribution in [1.29, 1.82) is 0 Å². The molecule has 2 heterocycles. The third-order valence-corrected chi connectivity index (χ3v) is 5.97. The minimum absolute atomic E-state index is 0.172. The molecule has 2 aromatic carbocycles. The summed E-state index contributed by atoms with van der Waals surface area (Å²) in [4.78, 5) is 17.4. The smallest absolute Gasteiger partial charge is 0.363 e. The molecule has 0 N–H and O–H groups in total. The normalized spacial score (nSPS) is 15.1. The van der Waals surface area contributed by atoms with Crippen molar-refractivity contribution < 1.29 is 19.0 Å². The number of carbonyl (C=O) groups excluding carboxylic acids is 1. The maximum absolute atomic E-state index is 12.4. The Morgan fingerprint density at radius 2 is 1.96 bits per heavy atom. The van der Waals surface area contributed by atoms with Gasteiger partial charge in [0, 0.05) is 15.6 Å². The summed E-state index contributed by atoms with van der Waals surface area (Å²) in [5.41, 5.74) is 1.97. The van der Waals surface area contributed by atoms with Gasteiger partial charge in [0.05, 0.1) is 19.2 Å². The number of benzene rings is 2. The second-order valence-electron chi connectivity index (χ2n) is 6.19. The van der Waals surface area contributed by atoms with Crippen LogP contribution in [0, 0.1) is 6.92 Å². The maximum atomic E-state index is 12.4. The summed E-state index contributed by atoms with van der Waals surface area (Å²) in [7, 11) is 3.13. The molecule has 0 atom stereocenters. The number of fused-ring (bicyclic) bond motifs is 1. The van der Waals surface area contributed by atoms with E-state index >= 15 is 0 Å². The van der Waals surface area contributed by atoms with Gasteiger partial charge in [0.15, 0.2) is 5.70 Å². The van der Waals surface area contributed by atoms with Crippen LogP contribution in [0.2, 0.25) is 5.02 Å². The summed E-state index contributed by atoms with van der Waals surface area (Å²) in [5, 5.41) is 1.45. The standard InChI is InChI=1S/C21H16ClNO4S/c1-11-4-6-14-17(8-11)28-19(18(14)22)20-23-15(21(24)27-20)10-12-9-13(25-2)5-7-16(12)26-3/h4-10H,1-3H3/b15-10-. The minimum atomic E-state index is -0.537.